The van der Waals surface area contributed by atoms with Gasteiger partial charge in [-0.3, -0.25) is 9.69 Å². The molecule has 0 unspecified atom stereocenters. The number of β-lactam (4-membered cyclic amide) rings is 1. The minimum absolute atomic E-state index is 0.174. The lowest BCUT2D eigenvalue weighted by Gasteiger charge is -2.46. The number of hydrogen-bond donors (Lipinski definition) is 0. The molecule has 0 aliphatic carbocycles. The molecule has 2 aliphatic heterocycles. The van der Waals surface area contributed by atoms with E-state index in [-0.39, 0.29) is 24.6 Å². The summed E-state index contributed by atoms with van der Waals surface area (Å²) in [6, 6.07) is 18.7. The largest absolute Gasteiger partial charge is 0.478 e. The number of rotatable bonds is 4. The molecule has 1 amide bonds. The van der Waals surface area contributed by atoms with Gasteiger partial charge in [0.25, 0.3) is 5.91 Å². The Balaban J connectivity index is 1.53. The summed E-state index contributed by atoms with van der Waals surface area (Å²) in [7, 11) is 0. The quantitative estimate of drug-likeness (QED) is 0.619. The van der Waals surface area contributed by atoms with Crippen molar-refractivity contribution < 1.29 is 23.4 Å². The Bertz CT molecular complexity index is 1080. The Labute approximate surface area is 167 Å². The average molecular weight is 391 g/mol. The monoisotopic (exact) mass is 391 g/mol. The molecule has 2 aliphatic rings. The van der Waals surface area contributed by atoms with Gasteiger partial charge >= 0.3 is 0 Å². The first kappa shape index (κ1) is 17.6. The van der Waals surface area contributed by atoms with E-state index >= 15 is 0 Å². The number of amides is 1. The predicted octanol–water partition coefficient (Wildman–Crippen LogP) is 4.40. The lowest BCUT2D eigenvalue weighted by molar-refractivity contribution is -0.135. The van der Waals surface area contributed by atoms with E-state index < -0.39 is 6.10 Å². The van der Waals surface area contributed by atoms with Crippen molar-refractivity contribution in [3.63, 3.8) is 0 Å². The molecule has 1 fully saturated rings. The van der Waals surface area contributed by atoms with E-state index in [1.54, 1.807) is 17.0 Å². The van der Waals surface area contributed by atoms with Gasteiger partial charge < -0.3 is 14.2 Å². The highest BCUT2D eigenvalue weighted by Crippen LogP contribution is 2.44. The molecule has 3 aromatic rings. The third-order valence-corrected chi connectivity index (χ3v) is 5.24. The highest BCUT2D eigenvalue weighted by Gasteiger charge is 2.51. The molecule has 2 atom stereocenters. The highest BCUT2D eigenvalue weighted by molar-refractivity contribution is 6.05. The fraction of sp³-hybridized carbons (Fsp3) is 0.174. The van der Waals surface area contributed by atoms with Gasteiger partial charge in [0.2, 0.25) is 12.9 Å². The molecule has 0 N–H and O–H groups in total. The molecule has 0 spiro atoms. The summed E-state index contributed by atoms with van der Waals surface area (Å²) >= 11 is 0. The van der Waals surface area contributed by atoms with Crippen LogP contribution in [0.25, 0.3) is 0 Å². The number of ether oxygens (including phenoxy) is 3. The fourth-order valence-electron chi connectivity index (χ4n) is 3.71. The summed E-state index contributed by atoms with van der Waals surface area (Å²) in [4.78, 5) is 14.7. The second-order valence-corrected chi connectivity index (χ2v) is 7.05. The van der Waals surface area contributed by atoms with Crippen LogP contribution in [0.4, 0.5) is 10.1 Å². The highest BCUT2D eigenvalue weighted by atomic mass is 19.1. The maximum atomic E-state index is 13.4. The van der Waals surface area contributed by atoms with Crippen molar-refractivity contribution in [3.8, 4) is 17.2 Å². The first-order chi connectivity index (χ1) is 14.1. The second-order valence-electron chi connectivity index (χ2n) is 7.05. The molecule has 146 valence electrons. The van der Waals surface area contributed by atoms with Crippen molar-refractivity contribution in [2.24, 2.45) is 0 Å². The minimum Gasteiger partial charge on any atom is -0.478 e. The third kappa shape index (κ3) is 2.97. The van der Waals surface area contributed by atoms with E-state index in [2.05, 4.69) is 0 Å². The molecular weight excluding hydrogens is 373 g/mol. The van der Waals surface area contributed by atoms with E-state index in [0.717, 1.165) is 11.1 Å². The second kappa shape index (κ2) is 6.81. The van der Waals surface area contributed by atoms with Crippen LogP contribution in [-0.4, -0.2) is 18.8 Å². The van der Waals surface area contributed by atoms with Crippen LogP contribution in [0.5, 0.6) is 17.2 Å². The molecule has 5 rings (SSSR count). The zero-order valence-corrected chi connectivity index (χ0v) is 15.7. The topological polar surface area (TPSA) is 48.0 Å². The van der Waals surface area contributed by atoms with Crippen molar-refractivity contribution in [2.45, 2.75) is 19.1 Å². The summed E-state index contributed by atoms with van der Waals surface area (Å²) in [6.07, 6.45) is -0.693. The smallest absolute Gasteiger partial charge is 0.271 e. The minimum atomic E-state index is -0.693. The van der Waals surface area contributed by atoms with Crippen molar-refractivity contribution in [2.75, 3.05) is 11.7 Å². The van der Waals surface area contributed by atoms with Gasteiger partial charge in [-0.1, -0.05) is 24.3 Å². The Morgan fingerprint density at radius 3 is 2.55 bits per heavy atom. The van der Waals surface area contributed by atoms with Gasteiger partial charge in [-0.25, -0.2) is 4.39 Å². The van der Waals surface area contributed by atoms with Crippen LogP contribution in [0.15, 0.2) is 66.7 Å². The SMILES string of the molecule is Cc1ccccc1O[C@H]1C(=O)N(c2ccc(F)cc2)[C@@H]1c1ccc2c(c1)OCO2. The molecule has 0 bridgehead atoms. The van der Waals surface area contributed by atoms with Crippen LogP contribution in [-0.2, 0) is 4.79 Å². The molecule has 6 heteroatoms. The van der Waals surface area contributed by atoms with Gasteiger partial charge in [0, 0.05) is 5.69 Å². The molecular formula is C23H18FNO4. The molecule has 29 heavy (non-hydrogen) atoms. The van der Waals surface area contributed by atoms with E-state index in [0.29, 0.717) is 22.9 Å². The average Bonchev–Trinajstić information content (AvgIpc) is 3.20. The van der Waals surface area contributed by atoms with Crippen LogP contribution in [0, 0.1) is 12.7 Å². The molecule has 5 nitrogen and oxygen atoms in total. The van der Waals surface area contributed by atoms with E-state index in [1.807, 2.05) is 49.4 Å². The number of anilines is 1. The molecule has 2 heterocycles. The third-order valence-electron chi connectivity index (χ3n) is 5.24. The fourth-order valence-corrected chi connectivity index (χ4v) is 3.71. The van der Waals surface area contributed by atoms with Gasteiger partial charge in [-0.2, -0.15) is 0 Å². The molecule has 0 saturated carbocycles. The Morgan fingerprint density at radius 2 is 1.76 bits per heavy atom. The van der Waals surface area contributed by atoms with Gasteiger partial charge in [0.05, 0.1) is 0 Å². The van der Waals surface area contributed by atoms with Gasteiger partial charge in [0.15, 0.2) is 11.5 Å². The summed E-state index contributed by atoms with van der Waals surface area (Å²) < 4.78 is 30.4. The van der Waals surface area contributed by atoms with E-state index in [4.69, 9.17) is 14.2 Å². The first-order valence-electron chi connectivity index (χ1n) is 9.32. The summed E-state index contributed by atoms with van der Waals surface area (Å²) in [5, 5.41) is 0. The van der Waals surface area contributed by atoms with Crippen molar-refractivity contribution in [1.82, 2.24) is 0 Å². The maximum absolute atomic E-state index is 13.4. The van der Waals surface area contributed by atoms with Crippen molar-refractivity contribution >= 4 is 11.6 Å². The standard InChI is InChI=1S/C23H18FNO4/c1-14-4-2-3-5-18(14)29-22-21(15-6-11-19-20(12-15)28-13-27-19)25(23(22)26)17-9-7-16(24)8-10-17/h2-12,21-22H,13H2,1H3/t21-,22-/m1/s1. The zero-order valence-electron chi connectivity index (χ0n) is 15.7. The number of benzene rings is 3. The first-order valence-corrected chi connectivity index (χ1v) is 9.32. The van der Waals surface area contributed by atoms with Gasteiger partial charge in [-0.15, -0.1) is 0 Å². The maximum Gasteiger partial charge on any atom is 0.271 e. The van der Waals surface area contributed by atoms with Crippen molar-refractivity contribution in [3.05, 3.63) is 83.7 Å². The van der Waals surface area contributed by atoms with Gasteiger partial charge in [0.1, 0.15) is 17.6 Å². The van der Waals surface area contributed by atoms with Crippen LogP contribution in [0.2, 0.25) is 0 Å². The Kier molecular flexibility index (Phi) is 4.12. The Hall–Kier alpha value is -3.54. The van der Waals surface area contributed by atoms with E-state index in [9.17, 15) is 9.18 Å². The number of para-hydroxylation sites is 1. The lowest BCUT2D eigenvalue weighted by atomic mass is 9.89. The normalized spacial score (nSPS) is 19.8. The molecule has 3 aromatic carbocycles. The van der Waals surface area contributed by atoms with Gasteiger partial charge in [-0.05, 0) is 60.5 Å². The Morgan fingerprint density at radius 1 is 1.00 bits per heavy atom. The number of carbonyl (C=O) groups excluding carboxylic acids is 1. The number of aryl methyl sites for hydroxylation is 1. The number of carbonyl (C=O) groups is 1. The van der Waals surface area contributed by atoms with Crippen LogP contribution < -0.4 is 19.1 Å². The number of hydrogen-bond acceptors (Lipinski definition) is 4. The van der Waals surface area contributed by atoms with Crippen molar-refractivity contribution in [1.29, 1.82) is 0 Å². The van der Waals surface area contributed by atoms with Crippen LogP contribution in [0.1, 0.15) is 17.2 Å². The molecule has 0 aromatic heterocycles. The predicted molar refractivity (Wildman–Crippen MR) is 105 cm³/mol. The summed E-state index contributed by atoms with van der Waals surface area (Å²) in [5.41, 5.74) is 2.42. The zero-order chi connectivity index (χ0) is 20.0. The molecule has 1 saturated heterocycles. The number of halogens is 1. The van der Waals surface area contributed by atoms with Crippen LogP contribution >= 0.6 is 0 Å². The number of nitrogens with zero attached hydrogens (tertiary/aromatic N) is 1. The molecule has 0 radical (unpaired) electrons. The van der Waals surface area contributed by atoms with Crippen LogP contribution in [0.3, 0.4) is 0 Å². The lowest BCUT2D eigenvalue weighted by Crippen LogP contribution is -2.61. The summed E-state index contributed by atoms with van der Waals surface area (Å²) in [6.45, 7) is 2.11. The number of fused-ring (bicyclic) bond motifs is 1. The van der Waals surface area contributed by atoms with E-state index in [1.165, 1.54) is 12.1 Å². The summed E-state index contributed by atoms with van der Waals surface area (Å²) in [5.74, 6) is 1.44.